The second-order valence-electron chi connectivity index (χ2n) is 6.95. The number of carbonyl (C=O) groups excluding carboxylic acids is 1. The number of Topliss-reactive ketones (excluding diaryl/α,β-unsaturated/α-hetero) is 1. The van der Waals surface area contributed by atoms with Gasteiger partial charge >= 0.3 is 0 Å². The fourth-order valence-corrected chi connectivity index (χ4v) is 2.37. The summed E-state index contributed by atoms with van der Waals surface area (Å²) in [5.41, 5.74) is 2.49. The quantitative estimate of drug-likeness (QED) is 0.431. The highest BCUT2D eigenvalue weighted by Crippen LogP contribution is 2.23. The molecule has 0 radical (unpaired) electrons. The van der Waals surface area contributed by atoms with Crippen molar-refractivity contribution in [3.63, 3.8) is 0 Å². The Kier molecular flexibility index (Phi) is 6.98. The molecule has 1 nitrogen and oxygen atoms in total. The van der Waals surface area contributed by atoms with E-state index in [0.717, 1.165) is 24.8 Å². The fourth-order valence-electron chi connectivity index (χ4n) is 2.37. The van der Waals surface area contributed by atoms with E-state index < -0.39 is 0 Å². The zero-order valence-corrected chi connectivity index (χ0v) is 13.7. The molecule has 1 aromatic rings. The molecule has 0 aliphatic carbocycles. The molecule has 0 unspecified atom stereocenters. The van der Waals surface area contributed by atoms with E-state index in [-0.39, 0.29) is 0 Å². The van der Waals surface area contributed by atoms with E-state index in [9.17, 15) is 4.79 Å². The second kappa shape index (κ2) is 8.24. The van der Waals surface area contributed by atoms with Crippen molar-refractivity contribution in [2.24, 2.45) is 5.41 Å². The van der Waals surface area contributed by atoms with E-state index in [4.69, 9.17) is 0 Å². The van der Waals surface area contributed by atoms with E-state index in [1.807, 2.05) is 18.2 Å². The van der Waals surface area contributed by atoms with Gasteiger partial charge in [-0.05, 0) is 30.2 Å². The van der Waals surface area contributed by atoms with Gasteiger partial charge in [0.15, 0.2) is 5.78 Å². The maximum atomic E-state index is 12.4. The van der Waals surface area contributed by atoms with E-state index in [0.29, 0.717) is 17.6 Å². The average molecular weight is 274 g/mol. The molecule has 0 heterocycles. The summed E-state index contributed by atoms with van der Waals surface area (Å²) in [5.74, 6) is 0.325. The number of carbonyl (C=O) groups is 1. The minimum absolute atomic E-state index is 0.317. The maximum absolute atomic E-state index is 12.4. The van der Waals surface area contributed by atoms with Gasteiger partial charge in [0.2, 0.25) is 0 Å². The summed E-state index contributed by atoms with van der Waals surface area (Å²) < 4.78 is 0. The highest BCUT2D eigenvalue weighted by atomic mass is 16.1. The molecular weight excluding hydrogens is 244 g/mol. The van der Waals surface area contributed by atoms with Crippen molar-refractivity contribution in [3.8, 4) is 0 Å². The number of aryl methyl sites for hydroxylation is 1. The number of hydrogen-bond donors (Lipinski definition) is 0. The molecule has 0 atom stereocenters. The van der Waals surface area contributed by atoms with Gasteiger partial charge in [-0.1, -0.05) is 71.2 Å². The molecule has 0 fully saturated rings. The number of rotatable bonds is 8. The summed E-state index contributed by atoms with van der Waals surface area (Å²) in [6.45, 7) is 8.95. The molecule has 0 saturated heterocycles. The summed E-state index contributed by atoms with van der Waals surface area (Å²) >= 11 is 0. The highest BCUT2D eigenvalue weighted by molar-refractivity contribution is 5.97. The smallest absolute Gasteiger partial charge is 0.163 e. The average Bonchev–Trinajstić information content (AvgIpc) is 2.40. The molecule has 1 rings (SSSR count). The lowest BCUT2D eigenvalue weighted by Crippen LogP contribution is -2.09. The molecule has 0 aromatic heterocycles. The van der Waals surface area contributed by atoms with Gasteiger partial charge in [-0.25, -0.2) is 0 Å². The van der Waals surface area contributed by atoms with Crippen molar-refractivity contribution >= 4 is 5.78 Å². The third-order valence-corrected chi connectivity index (χ3v) is 3.72. The van der Waals surface area contributed by atoms with E-state index in [1.54, 1.807) is 0 Å². The monoisotopic (exact) mass is 274 g/mol. The van der Waals surface area contributed by atoms with Crippen molar-refractivity contribution in [1.29, 1.82) is 0 Å². The van der Waals surface area contributed by atoms with Gasteiger partial charge in [-0.3, -0.25) is 4.79 Å². The zero-order chi connectivity index (χ0) is 15.0. The Morgan fingerprint density at radius 3 is 2.40 bits per heavy atom. The summed E-state index contributed by atoms with van der Waals surface area (Å²) in [6.07, 6.45) is 7.47. The van der Waals surface area contributed by atoms with Gasteiger partial charge in [-0.15, -0.1) is 0 Å². The lowest BCUT2D eigenvalue weighted by atomic mass is 9.87. The van der Waals surface area contributed by atoms with Crippen LogP contribution in [0, 0.1) is 5.41 Å². The fraction of sp³-hybridized carbons (Fsp3) is 0.632. The predicted molar refractivity (Wildman–Crippen MR) is 87.3 cm³/mol. The van der Waals surface area contributed by atoms with Gasteiger partial charge < -0.3 is 0 Å². The summed E-state index contributed by atoms with van der Waals surface area (Å²) in [7, 11) is 0. The maximum Gasteiger partial charge on any atom is 0.163 e. The zero-order valence-electron chi connectivity index (χ0n) is 13.7. The van der Waals surface area contributed by atoms with E-state index in [1.165, 1.54) is 24.8 Å². The Labute approximate surface area is 124 Å². The molecule has 0 amide bonds. The standard InChI is InChI=1S/C19H30O/c1-5-6-7-8-13-18(20)17-12-10-9-11-16(17)14-15-19(2,3)4/h9-12H,5-8,13-15H2,1-4H3. The molecule has 0 aliphatic heterocycles. The van der Waals surface area contributed by atoms with Crippen molar-refractivity contribution in [2.45, 2.75) is 72.6 Å². The number of unbranched alkanes of at least 4 members (excludes halogenated alkanes) is 3. The first-order valence-electron chi connectivity index (χ1n) is 8.05. The number of ketones is 1. The van der Waals surface area contributed by atoms with Gasteiger partial charge in [0.25, 0.3) is 0 Å². The van der Waals surface area contributed by atoms with Crippen LogP contribution in [-0.2, 0) is 6.42 Å². The van der Waals surface area contributed by atoms with Crippen LogP contribution < -0.4 is 0 Å². The number of benzene rings is 1. The molecule has 1 aromatic carbocycles. The molecule has 0 N–H and O–H groups in total. The summed E-state index contributed by atoms with van der Waals surface area (Å²) in [4.78, 5) is 12.4. The lowest BCUT2D eigenvalue weighted by molar-refractivity contribution is 0.0978. The Morgan fingerprint density at radius 1 is 1.05 bits per heavy atom. The van der Waals surface area contributed by atoms with Crippen LogP contribution in [0.15, 0.2) is 24.3 Å². The Morgan fingerprint density at radius 2 is 1.75 bits per heavy atom. The minimum Gasteiger partial charge on any atom is -0.294 e. The third kappa shape index (κ3) is 6.36. The van der Waals surface area contributed by atoms with Crippen molar-refractivity contribution in [3.05, 3.63) is 35.4 Å². The van der Waals surface area contributed by atoms with Crippen LogP contribution in [0.3, 0.4) is 0 Å². The Bertz CT molecular complexity index is 412. The van der Waals surface area contributed by atoms with Crippen LogP contribution in [0.1, 0.15) is 82.1 Å². The SMILES string of the molecule is CCCCCCC(=O)c1ccccc1CCC(C)(C)C. The van der Waals surface area contributed by atoms with Crippen LogP contribution in [0.5, 0.6) is 0 Å². The largest absolute Gasteiger partial charge is 0.294 e. The van der Waals surface area contributed by atoms with Gasteiger partial charge in [0.1, 0.15) is 0 Å². The first-order chi connectivity index (χ1) is 9.44. The molecule has 0 saturated carbocycles. The normalized spacial score (nSPS) is 11.6. The molecule has 20 heavy (non-hydrogen) atoms. The van der Waals surface area contributed by atoms with Crippen molar-refractivity contribution < 1.29 is 4.79 Å². The van der Waals surface area contributed by atoms with Crippen LogP contribution in [0.25, 0.3) is 0 Å². The topological polar surface area (TPSA) is 17.1 Å². The van der Waals surface area contributed by atoms with Crippen LogP contribution in [0.4, 0.5) is 0 Å². The summed E-state index contributed by atoms with van der Waals surface area (Å²) in [5, 5.41) is 0. The van der Waals surface area contributed by atoms with E-state index in [2.05, 4.69) is 33.8 Å². The first-order valence-corrected chi connectivity index (χ1v) is 8.05. The third-order valence-electron chi connectivity index (χ3n) is 3.72. The molecule has 112 valence electrons. The molecule has 0 aliphatic rings. The van der Waals surface area contributed by atoms with Gasteiger partial charge in [-0.2, -0.15) is 0 Å². The van der Waals surface area contributed by atoms with Gasteiger partial charge in [0.05, 0.1) is 0 Å². The van der Waals surface area contributed by atoms with Crippen molar-refractivity contribution in [1.82, 2.24) is 0 Å². The Balaban J connectivity index is 2.62. The Hall–Kier alpha value is -1.11. The predicted octanol–water partition coefficient (Wildman–Crippen LogP) is 5.82. The molecule has 0 spiro atoms. The van der Waals surface area contributed by atoms with Crippen LogP contribution in [0.2, 0.25) is 0 Å². The number of hydrogen-bond acceptors (Lipinski definition) is 1. The summed E-state index contributed by atoms with van der Waals surface area (Å²) in [6, 6.07) is 8.15. The van der Waals surface area contributed by atoms with E-state index >= 15 is 0 Å². The molecular formula is C19H30O. The van der Waals surface area contributed by atoms with Crippen molar-refractivity contribution in [2.75, 3.05) is 0 Å². The first kappa shape index (κ1) is 16.9. The molecule has 0 bridgehead atoms. The second-order valence-corrected chi connectivity index (χ2v) is 6.95. The van der Waals surface area contributed by atoms with Crippen LogP contribution >= 0.6 is 0 Å². The lowest BCUT2D eigenvalue weighted by Gasteiger charge is -2.18. The molecule has 1 heteroatoms. The van der Waals surface area contributed by atoms with Crippen LogP contribution in [-0.4, -0.2) is 5.78 Å². The highest BCUT2D eigenvalue weighted by Gasteiger charge is 2.14. The minimum atomic E-state index is 0.317. The van der Waals surface area contributed by atoms with Gasteiger partial charge in [0, 0.05) is 12.0 Å².